The highest BCUT2D eigenvalue weighted by Crippen LogP contribution is 2.29. The first-order valence-electron chi connectivity index (χ1n) is 6.52. The molecule has 3 rings (SSSR count). The third-order valence-electron chi connectivity index (χ3n) is 4.28. The van der Waals surface area contributed by atoms with Crippen molar-refractivity contribution in [2.45, 2.75) is 50.2 Å². The molecule has 0 aliphatic carbocycles. The van der Waals surface area contributed by atoms with Crippen LogP contribution in [0.25, 0.3) is 0 Å². The van der Waals surface area contributed by atoms with Gasteiger partial charge in [0, 0.05) is 24.7 Å². The van der Waals surface area contributed by atoms with E-state index in [4.69, 9.17) is 4.74 Å². The van der Waals surface area contributed by atoms with Gasteiger partial charge in [-0.1, -0.05) is 0 Å². The van der Waals surface area contributed by atoms with E-state index in [1.54, 1.807) is 0 Å². The first-order valence-corrected chi connectivity index (χ1v) is 6.52. The summed E-state index contributed by atoms with van der Waals surface area (Å²) >= 11 is 0. The van der Waals surface area contributed by atoms with Gasteiger partial charge in [-0.2, -0.15) is 0 Å². The molecular weight excluding hydrogens is 188 g/mol. The highest BCUT2D eigenvalue weighted by Gasteiger charge is 2.37. The quantitative estimate of drug-likeness (QED) is 0.735. The van der Waals surface area contributed by atoms with Crippen LogP contribution < -0.4 is 5.32 Å². The van der Waals surface area contributed by atoms with E-state index in [1.807, 2.05) is 0 Å². The standard InChI is InChI=1S/C12H22N2O/c1-3-11(13-6-1)12-4-2-7-14(12)10-5-8-15-9-10/h10-13H,1-9H2. The Morgan fingerprint density at radius 2 is 2.13 bits per heavy atom. The van der Waals surface area contributed by atoms with Crippen LogP contribution in [-0.2, 0) is 4.74 Å². The zero-order chi connectivity index (χ0) is 10.1. The monoisotopic (exact) mass is 210 g/mol. The molecule has 0 aromatic heterocycles. The van der Waals surface area contributed by atoms with Gasteiger partial charge in [0.1, 0.15) is 0 Å². The second-order valence-electron chi connectivity index (χ2n) is 5.17. The summed E-state index contributed by atoms with van der Waals surface area (Å²) in [6, 6.07) is 2.30. The Bertz CT molecular complexity index is 188. The molecule has 3 atom stereocenters. The highest BCUT2D eigenvalue weighted by atomic mass is 16.5. The SMILES string of the molecule is C1CNC(C2CCCN2C2CCOC2)C1. The Balaban J connectivity index is 1.65. The number of nitrogens with one attached hydrogen (secondary N) is 1. The summed E-state index contributed by atoms with van der Waals surface area (Å²) in [5.41, 5.74) is 0. The van der Waals surface area contributed by atoms with E-state index in [9.17, 15) is 0 Å². The van der Waals surface area contributed by atoms with E-state index >= 15 is 0 Å². The molecule has 0 bridgehead atoms. The Morgan fingerprint density at radius 1 is 1.13 bits per heavy atom. The van der Waals surface area contributed by atoms with E-state index in [1.165, 1.54) is 45.2 Å². The third-order valence-corrected chi connectivity index (χ3v) is 4.28. The molecule has 0 saturated carbocycles. The van der Waals surface area contributed by atoms with Crippen LogP contribution in [0.2, 0.25) is 0 Å². The smallest absolute Gasteiger partial charge is 0.0622 e. The molecule has 0 aromatic rings. The van der Waals surface area contributed by atoms with Gasteiger partial charge in [0.15, 0.2) is 0 Å². The molecule has 86 valence electrons. The van der Waals surface area contributed by atoms with Crippen LogP contribution in [0, 0.1) is 0 Å². The Kier molecular flexibility index (Phi) is 2.95. The maximum absolute atomic E-state index is 5.52. The van der Waals surface area contributed by atoms with Crippen molar-refractivity contribution < 1.29 is 4.74 Å². The molecule has 0 spiro atoms. The molecule has 3 nitrogen and oxygen atoms in total. The van der Waals surface area contributed by atoms with Gasteiger partial charge in [-0.25, -0.2) is 0 Å². The highest BCUT2D eigenvalue weighted by molar-refractivity contribution is 4.95. The molecule has 3 fully saturated rings. The summed E-state index contributed by atoms with van der Waals surface area (Å²) in [5.74, 6) is 0. The first kappa shape index (κ1) is 10.1. The molecule has 0 radical (unpaired) electrons. The molecule has 3 aliphatic rings. The topological polar surface area (TPSA) is 24.5 Å². The Labute approximate surface area is 92.2 Å². The van der Waals surface area contributed by atoms with E-state index in [-0.39, 0.29) is 0 Å². The van der Waals surface area contributed by atoms with Crippen molar-refractivity contribution in [2.75, 3.05) is 26.3 Å². The fraction of sp³-hybridized carbons (Fsp3) is 1.00. The third kappa shape index (κ3) is 1.93. The molecule has 3 saturated heterocycles. The fourth-order valence-electron chi connectivity index (χ4n) is 3.52. The maximum Gasteiger partial charge on any atom is 0.0622 e. The number of rotatable bonds is 2. The lowest BCUT2D eigenvalue weighted by Crippen LogP contribution is -2.48. The minimum absolute atomic E-state index is 0.722. The molecular formula is C12H22N2O. The molecule has 0 amide bonds. The van der Waals surface area contributed by atoms with Crippen molar-refractivity contribution in [3.63, 3.8) is 0 Å². The molecule has 0 aromatic carbocycles. The Morgan fingerprint density at radius 3 is 2.87 bits per heavy atom. The van der Waals surface area contributed by atoms with Crippen LogP contribution in [0.4, 0.5) is 0 Å². The first-order chi connectivity index (χ1) is 7.45. The maximum atomic E-state index is 5.52. The summed E-state index contributed by atoms with van der Waals surface area (Å²) in [7, 11) is 0. The second kappa shape index (κ2) is 4.40. The number of ether oxygens (including phenoxy) is 1. The average molecular weight is 210 g/mol. The summed E-state index contributed by atoms with van der Waals surface area (Å²) in [4.78, 5) is 2.73. The van der Waals surface area contributed by atoms with Gasteiger partial charge >= 0.3 is 0 Å². The predicted molar refractivity (Wildman–Crippen MR) is 60.0 cm³/mol. The van der Waals surface area contributed by atoms with E-state index in [0.29, 0.717) is 0 Å². The summed E-state index contributed by atoms with van der Waals surface area (Å²) in [6.07, 6.45) is 6.79. The van der Waals surface area contributed by atoms with Crippen molar-refractivity contribution >= 4 is 0 Å². The van der Waals surface area contributed by atoms with Crippen molar-refractivity contribution in [3.8, 4) is 0 Å². The molecule has 15 heavy (non-hydrogen) atoms. The number of hydrogen-bond donors (Lipinski definition) is 1. The van der Waals surface area contributed by atoms with Gasteiger partial charge in [-0.3, -0.25) is 4.90 Å². The van der Waals surface area contributed by atoms with Crippen LogP contribution in [-0.4, -0.2) is 49.3 Å². The molecule has 1 N–H and O–H groups in total. The fourth-order valence-corrected chi connectivity index (χ4v) is 3.52. The molecule has 3 unspecified atom stereocenters. The summed E-state index contributed by atoms with van der Waals surface area (Å²) < 4.78 is 5.52. The molecule has 3 heterocycles. The van der Waals surface area contributed by atoms with Gasteiger partial charge in [0.25, 0.3) is 0 Å². The predicted octanol–water partition coefficient (Wildman–Crippen LogP) is 0.992. The second-order valence-corrected chi connectivity index (χ2v) is 5.17. The minimum atomic E-state index is 0.722. The van der Waals surface area contributed by atoms with E-state index in [0.717, 1.165) is 31.3 Å². The van der Waals surface area contributed by atoms with Crippen molar-refractivity contribution in [1.29, 1.82) is 0 Å². The average Bonchev–Trinajstić information content (AvgIpc) is 3.01. The van der Waals surface area contributed by atoms with Crippen LogP contribution in [0.1, 0.15) is 32.1 Å². The van der Waals surface area contributed by atoms with Gasteiger partial charge in [0.05, 0.1) is 6.61 Å². The lowest BCUT2D eigenvalue weighted by Gasteiger charge is -2.33. The molecule has 3 heteroatoms. The summed E-state index contributed by atoms with van der Waals surface area (Å²) in [6.45, 7) is 4.49. The summed E-state index contributed by atoms with van der Waals surface area (Å²) in [5, 5.41) is 3.67. The zero-order valence-corrected chi connectivity index (χ0v) is 9.45. The van der Waals surface area contributed by atoms with Gasteiger partial charge in [-0.15, -0.1) is 0 Å². The van der Waals surface area contributed by atoms with Gasteiger partial charge < -0.3 is 10.1 Å². The normalized spacial score (nSPS) is 42.8. The van der Waals surface area contributed by atoms with Gasteiger partial charge in [-0.05, 0) is 45.2 Å². The van der Waals surface area contributed by atoms with Crippen LogP contribution in [0.3, 0.4) is 0 Å². The van der Waals surface area contributed by atoms with Crippen LogP contribution in [0.15, 0.2) is 0 Å². The van der Waals surface area contributed by atoms with Gasteiger partial charge in [0.2, 0.25) is 0 Å². The Hall–Kier alpha value is -0.120. The van der Waals surface area contributed by atoms with Crippen LogP contribution in [0.5, 0.6) is 0 Å². The van der Waals surface area contributed by atoms with Crippen LogP contribution >= 0.6 is 0 Å². The molecule has 3 aliphatic heterocycles. The van der Waals surface area contributed by atoms with Crippen molar-refractivity contribution in [3.05, 3.63) is 0 Å². The van der Waals surface area contributed by atoms with Crippen molar-refractivity contribution in [1.82, 2.24) is 10.2 Å². The minimum Gasteiger partial charge on any atom is -0.380 e. The van der Waals surface area contributed by atoms with E-state index in [2.05, 4.69) is 10.2 Å². The number of nitrogens with zero attached hydrogens (tertiary/aromatic N) is 1. The zero-order valence-electron chi connectivity index (χ0n) is 9.45. The number of hydrogen-bond acceptors (Lipinski definition) is 3. The lowest BCUT2D eigenvalue weighted by atomic mass is 10.0. The lowest BCUT2D eigenvalue weighted by molar-refractivity contribution is 0.122. The largest absolute Gasteiger partial charge is 0.380 e. The van der Waals surface area contributed by atoms with Crippen molar-refractivity contribution in [2.24, 2.45) is 0 Å². The van der Waals surface area contributed by atoms with E-state index < -0.39 is 0 Å². The number of likely N-dealkylation sites (tertiary alicyclic amines) is 1.